The Balaban J connectivity index is 1.60. The van der Waals surface area contributed by atoms with Gasteiger partial charge in [0.2, 0.25) is 5.88 Å². The van der Waals surface area contributed by atoms with Crippen LogP contribution in [0.5, 0.6) is 5.88 Å². The van der Waals surface area contributed by atoms with Crippen molar-refractivity contribution in [3.05, 3.63) is 50.5 Å². The van der Waals surface area contributed by atoms with Gasteiger partial charge in [0.15, 0.2) is 0 Å². The van der Waals surface area contributed by atoms with Crippen molar-refractivity contribution in [2.45, 2.75) is 19.3 Å². The van der Waals surface area contributed by atoms with Crippen molar-refractivity contribution in [1.29, 1.82) is 0 Å². The smallest absolute Gasteiger partial charge is 0.281 e. The maximum absolute atomic E-state index is 11.5. The highest BCUT2D eigenvalue weighted by Gasteiger charge is 2.40. The molecule has 1 saturated carbocycles. The summed E-state index contributed by atoms with van der Waals surface area (Å²) < 4.78 is 7.42. The van der Waals surface area contributed by atoms with Crippen LogP contribution in [0.15, 0.2) is 33.7 Å². The average Bonchev–Trinajstić information content (AvgIpc) is 3.23. The fraction of sp³-hybridized carbons (Fsp3) is 0.400. The Morgan fingerprint density at radius 1 is 1.48 bits per heavy atom. The number of aryl methyl sites for hydroxylation is 2. The lowest BCUT2D eigenvalue weighted by atomic mass is 10.2. The molecule has 6 heteroatoms. The number of nitrogens with zero attached hydrogens (tertiary/aromatic N) is 3. The summed E-state index contributed by atoms with van der Waals surface area (Å²) in [5.41, 5.74) is 2.13. The summed E-state index contributed by atoms with van der Waals surface area (Å²) in [5, 5.41) is 4.08. The summed E-state index contributed by atoms with van der Waals surface area (Å²) in [4.78, 5) is 16.0. The molecule has 1 aliphatic rings. The van der Waals surface area contributed by atoms with Crippen LogP contribution in [0.3, 0.4) is 0 Å². The predicted octanol–water partition coefficient (Wildman–Crippen LogP) is 2.43. The van der Waals surface area contributed by atoms with E-state index < -0.39 is 0 Å². The van der Waals surface area contributed by atoms with Crippen LogP contribution >= 0.6 is 15.9 Å². The summed E-state index contributed by atoms with van der Waals surface area (Å²) in [7, 11) is 1.61. The van der Waals surface area contributed by atoms with Crippen LogP contribution in [0.2, 0.25) is 0 Å². The van der Waals surface area contributed by atoms with Gasteiger partial charge in [-0.25, -0.2) is 4.68 Å². The molecule has 2 aromatic rings. The van der Waals surface area contributed by atoms with E-state index in [1.54, 1.807) is 13.1 Å². The first kappa shape index (κ1) is 14.3. The molecule has 2 heterocycles. The minimum absolute atomic E-state index is 0.171. The molecular weight excluding hydrogens is 334 g/mol. The third-order valence-corrected chi connectivity index (χ3v) is 4.25. The zero-order chi connectivity index (χ0) is 15.0. The molecule has 0 saturated heterocycles. The van der Waals surface area contributed by atoms with Gasteiger partial charge in [-0.15, -0.1) is 5.10 Å². The summed E-state index contributed by atoms with van der Waals surface area (Å²) in [5.74, 6) is 1.41. The van der Waals surface area contributed by atoms with Gasteiger partial charge in [-0.3, -0.25) is 9.78 Å². The first-order valence-electron chi connectivity index (χ1n) is 6.84. The van der Waals surface area contributed by atoms with Crippen molar-refractivity contribution in [2.75, 3.05) is 6.61 Å². The molecule has 2 aromatic heterocycles. The maximum Gasteiger partial charge on any atom is 0.281 e. The highest BCUT2D eigenvalue weighted by atomic mass is 79.9. The molecule has 0 bridgehead atoms. The normalized spacial score (nSPS) is 20.3. The fourth-order valence-corrected chi connectivity index (χ4v) is 2.75. The van der Waals surface area contributed by atoms with Gasteiger partial charge in [0.25, 0.3) is 5.56 Å². The molecule has 5 nitrogen and oxygen atoms in total. The highest BCUT2D eigenvalue weighted by Crippen LogP contribution is 2.46. The number of halogens is 1. The molecule has 1 fully saturated rings. The average molecular weight is 350 g/mol. The number of hydrogen-bond acceptors (Lipinski definition) is 4. The van der Waals surface area contributed by atoms with Gasteiger partial charge in [0.05, 0.1) is 11.1 Å². The molecule has 0 amide bonds. The number of rotatable bonds is 4. The van der Waals surface area contributed by atoms with Crippen molar-refractivity contribution in [2.24, 2.45) is 13.0 Å². The first-order chi connectivity index (χ1) is 10.0. The number of hydrogen-bond donors (Lipinski definition) is 0. The van der Waals surface area contributed by atoms with Crippen LogP contribution in [0.25, 0.3) is 0 Å². The number of pyridine rings is 1. The molecule has 1 aliphatic carbocycles. The van der Waals surface area contributed by atoms with Crippen molar-refractivity contribution < 1.29 is 4.74 Å². The number of ether oxygens (including phenoxy) is 1. The van der Waals surface area contributed by atoms with Gasteiger partial charge in [-0.2, -0.15) is 0 Å². The second kappa shape index (κ2) is 5.60. The lowest BCUT2D eigenvalue weighted by Crippen LogP contribution is -2.20. The largest absolute Gasteiger partial charge is 0.476 e. The van der Waals surface area contributed by atoms with Gasteiger partial charge >= 0.3 is 0 Å². The quantitative estimate of drug-likeness (QED) is 0.850. The third kappa shape index (κ3) is 3.15. The molecule has 0 radical (unpaired) electrons. The lowest BCUT2D eigenvalue weighted by molar-refractivity contribution is 0.277. The highest BCUT2D eigenvalue weighted by molar-refractivity contribution is 9.10. The second-order valence-corrected chi connectivity index (χ2v) is 6.29. The molecule has 0 aliphatic heterocycles. The van der Waals surface area contributed by atoms with E-state index in [-0.39, 0.29) is 5.56 Å². The van der Waals surface area contributed by atoms with Gasteiger partial charge in [0, 0.05) is 36.8 Å². The first-order valence-corrected chi connectivity index (χ1v) is 7.63. The van der Waals surface area contributed by atoms with E-state index in [2.05, 4.69) is 38.1 Å². The summed E-state index contributed by atoms with van der Waals surface area (Å²) in [6, 6.07) is 5.79. The Labute approximate surface area is 131 Å². The third-order valence-electron chi connectivity index (χ3n) is 3.68. The van der Waals surface area contributed by atoms with E-state index in [9.17, 15) is 4.79 Å². The Morgan fingerprint density at radius 3 is 2.95 bits per heavy atom. The topological polar surface area (TPSA) is 57.0 Å². The van der Waals surface area contributed by atoms with E-state index in [0.717, 1.165) is 12.1 Å². The van der Waals surface area contributed by atoms with E-state index in [1.807, 2.05) is 13.1 Å². The minimum atomic E-state index is -0.171. The second-order valence-electron chi connectivity index (χ2n) is 5.43. The number of aromatic nitrogens is 3. The van der Waals surface area contributed by atoms with Crippen molar-refractivity contribution in [1.82, 2.24) is 14.8 Å². The van der Waals surface area contributed by atoms with E-state index >= 15 is 0 Å². The van der Waals surface area contributed by atoms with E-state index in [0.29, 0.717) is 28.8 Å². The molecular formula is C15H16BrN3O2. The SMILES string of the molecule is Cc1ccc([C@@H]2C[C@H]2COc2cc(Br)c(=O)n(C)n2)nc1. The zero-order valence-electron chi connectivity index (χ0n) is 11.9. The molecule has 0 N–H and O–H groups in total. The van der Waals surface area contributed by atoms with Crippen LogP contribution < -0.4 is 10.3 Å². The Kier molecular flexibility index (Phi) is 3.80. The lowest BCUT2D eigenvalue weighted by Gasteiger charge is -2.06. The van der Waals surface area contributed by atoms with Crippen molar-refractivity contribution in [3.8, 4) is 5.88 Å². The molecule has 21 heavy (non-hydrogen) atoms. The summed E-state index contributed by atoms with van der Waals surface area (Å²) in [6.07, 6.45) is 2.99. The molecule has 110 valence electrons. The van der Waals surface area contributed by atoms with Crippen molar-refractivity contribution >= 4 is 15.9 Å². The molecule has 0 unspecified atom stereocenters. The van der Waals surface area contributed by atoms with Gasteiger partial charge in [-0.05, 0) is 40.9 Å². The molecule has 0 spiro atoms. The fourth-order valence-electron chi connectivity index (χ4n) is 2.30. The molecule has 3 rings (SSSR count). The van der Waals surface area contributed by atoms with Crippen LogP contribution in [0.4, 0.5) is 0 Å². The summed E-state index contributed by atoms with van der Waals surface area (Å²) >= 11 is 3.21. The molecule has 0 aromatic carbocycles. The van der Waals surface area contributed by atoms with Crippen LogP contribution in [-0.4, -0.2) is 21.4 Å². The minimum Gasteiger partial charge on any atom is -0.476 e. The Bertz CT molecular complexity index is 686. The van der Waals surface area contributed by atoms with Gasteiger partial charge in [-0.1, -0.05) is 6.07 Å². The maximum atomic E-state index is 11.5. The summed E-state index contributed by atoms with van der Waals surface area (Å²) in [6.45, 7) is 2.63. The predicted molar refractivity (Wildman–Crippen MR) is 82.5 cm³/mol. The Hall–Kier alpha value is -1.69. The monoisotopic (exact) mass is 349 g/mol. The Morgan fingerprint density at radius 2 is 2.29 bits per heavy atom. The van der Waals surface area contributed by atoms with Crippen LogP contribution in [0, 0.1) is 12.8 Å². The van der Waals surface area contributed by atoms with Crippen LogP contribution in [0.1, 0.15) is 23.6 Å². The van der Waals surface area contributed by atoms with E-state index in [1.165, 1.54) is 10.2 Å². The van der Waals surface area contributed by atoms with E-state index in [4.69, 9.17) is 4.74 Å². The van der Waals surface area contributed by atoms with Crippen LogP contribution in [-0.2, 0) is 7.05 Å². The zero-order valence-corrected chi connectivity index (χ0v) is 13.5. The van der Waals surface area contributed by atoms with Crippen molar-refractivity contribution in [3.63, 3.8) is 0 Å². The van der Waals surface area contributed by atoms with Gasteiger partial charge < -0.3 is 4.74 Å². The molecule has 2 atom stereocenters. The van der Waals surface area contributed by atoms with Gasteiger partial charge in [0.1, 0.15) is 0 Å². The standard InChI is InChI=1S/C15H16BrN3O2/c1-9-3-4-13(17-7-9)11-5-10(11)8-21-14-6-12(16)15(20)19(2)18-14/h3-4,6-7,10-11H,5,8H2,1-2H3/t10-,11+/m0/s1.